The minimum absolute atomic E-state index is 0.666. The van der Waals surface area contributed by atoms with Crippen LogP contribution in [0.25, 0.3) is 5.69 Å². The zero-order chi connectivity index (χ0) is 11.5. The Kier molecular flexibility index (Phi) is 3.30. The van der Waals surface area contributed by atoms with Gasteiger partial charge in [-0.3, -0.25) is 0 Å². The predicted molar refractivity (Wildman–Crippen MR) is 67.5 cm³/mol. The van der Waals surface area contributed by atoms with Gasteiger partial charge in [0.15, 0.2) is 0 Å². The minimum Gasteiger partial charge on any atom is -0.238 e. The number of halogens is 1. The largest absolute Gasteiger partial charge is 0.238 e. The Balaban J connectivity index is 2.31. The number of alkyl halides is 1. The molecule has 0 unspecified atom stereocenters. The molecule has 2 nitrogen and oxygen atoms in total. The van der Waals surface area contributed by atoms with Gasteiger partial charge in [-0.2, -0.15) is 5.10 Å². The van der Waals surface area contributed by atoms with Crippen LogP contribution in [0.3, 0.4) is 0 Å². The van der Waals surface area contributed by atoms with Gasteiger partial charge in [-0.1, -0.05) is 12.1 Å². The Hall–Kier alpha value is -1.28. The Morgan fingerprint density at radius 1 is 1.19 bits per heavy atom. The van der Waals surface area contributed by atoms with Crippen molar-refractivity contribution in [1.82, 2.24) is 9.78 Å². The van der Waals surface area contributed by atoms with Crippen LogP contribution in [0.5, 0.6) is 0 Å². The summed E-state index contributed by atoms with van der Waals surface area (Å²) in [5, 5.41) is 4.45. The number of hydrogen-bond donors (Lipinski definition) is 0. The maximum atomic E-state index is 5.70. The summed E-state index contributed by atoms with van der Waals surface area (Å²) in [6.07, 6.45) is 0.916. The van der Waals surface area contributed by atoms with E-state index < -0.39 is 0 Å². The fraction of sp³-hybridized carbons (Fsp3) is 0.308. The molecule has 16 heavy (non-hydrogen) atoms. The average Bonchev–Trinajstić information content (AvgIpc) is 2.59. The molecule has 0 spiro atoms. The van der Waals surface area contributed by atoms with E-state index in [-0.39, 0.29) is 0 Å². The summed E-state index contributed by atoms with van der Waals surface area (Å²) in [5.74, 6) is 0.666. The molecule has 0 fully saturated rings. The number of nitrogens with zero attached hydrogens (tertiary/aromatic N) is 2. The van der Waals surface area contributed by atoms with E-state index >= 15 is 0 Å². The Morgan fingerprint density at radius 2 is 1.88 bits per heavy atom. The summed E-state index contributed by atoms with van der Waals surface area (Å²) in [6.45, 7) is 4.07. The van der Waals surface area contributed by atoms with Crippen molar-refractivity contribution in [1.29, 1.82) is 0 Å². The van der Waals surface area contributed by atoms with Gasteiger partial charge in [0, 0.05) is 11.6 Å². The highest BCUT2D eigenvalue weighted by Crippen LogP contribution is 2.13. The van der Waals surface area contributed by atoms with Gasteiger partial charge >= 0.3 is 0 Å². The van der Waals surface area contributed by atoms with Crippen molar-refractivity contribution in [3.05, 3.63) is 47.3 Å². The lowest BCUT2D eigenvalue weighted by atomic mass is 10.1. The van der Waals surface area contributed by atoms with Crippen LogP contribution in [-0.2, 0) is 6.42 Å². The molecule has 0 aliphatic carbocycles. The van der Waals surface area contributed by atoms with Crippen molar-refractivity contribution in [3.8, 4) is 5.69 Å². The highest BCUT2D eigenvalue weighted by atomic mass is 35.5. The first kappa shape index (κ1) is 11.2. The molecule has 0 N–H and O–H groups in total. The van der Waals surface area contributed by atoms with Crippen molar-refractivity contribution in [2.45, 2.75) is 20.3 Å². The van der Waals surface area contributed by atoms with E-state index in [1.807, 2.05) is 11.6 Å². The summed E-state index contributed by atoms with van der Waals surface area (Å²) in [6, 6.07) is 10.5. The molecular weight excluding hydrogens is 220 g/mol. The van der Waals surface area contributed by atoms with Crippen LogP contribution in [0.1, 0.15) is 17.0 Å². The second-order valence-electron chi connectivity index (χ2n) is 3.94. The topological polar surface area (TPSA) is 17.8 Å². The number of aromatic nitrogens is 2. The summed E-state index contributed by atoms with van der Waals surface area (Å²) in [5.41, 5.74) is 4.56. The van der Waals surface area contributed by atoms with Crippen LogP contribution in [0.4, 0.5) is 0 Å². The first-order chi connectivity index (χ1) is 7.70. The number of rotatable bonds is 3. The molecule has 84 valence electrons. The van der Waals surface area contributed by atoms with E-state index in [1.54, 1.807) is 0 Å². The van der Waals surface area contributed by atoms with Gasteiger partial charge in [0.05, 0.1) is 11.4 Å². The third kappa shape index (κ3) is 2.27. The third-order valence-electron chi connectivity index (χ3n) is 2.57. The highest BCUT2D eigenvalue weighted by Gasteiger charge is 2.03. The SMILES string of the molecule is Cc1cc(C)n(-c2ccc(CCCl)cc2)n1. The van der Waals surface area contributed by atoms with Crippen LogP contribution in [0, 0.1) is 13.8 Å². The molecule has 0 atom stereocenters. The Labute approximate surface area is 101 Å². The van der Waals surface area contributed by atoms with Crippen molar-refractivity contribution in [2.75, 3.05) is 5.88 Å². The molecule has 1 heterocycles. The van der Waals surface area contributed by atoms with Crippen molar-refractivity contribution in [3.63, 3.8) is 0 Å². The van der Waals surface area contributed by atoms with Crippen LogP contribution < -0.4 is 0 Å². The van der Waals surface area contributed by atoms with Crippen molar-refractivity contribution >= 4 is 11.6 Å². The van der Waals surface area contributed by atoms with E-state index in [1.165, 1.54) is 5.56 Å². The van der Waals surface area contributed by atoms with Gasteiger partial charge in [-0.15, -0.1) is 11.6 Å². The van der Waals surface area contributed by atoms with E-state index in [4.69, 9.17) is 11.6 Å². The van der Waals surface area contributed by atoms with Gasteiger partial charge in [-0.25, -0.2) is 4.68 Å². The van der Waals surface area contributed by atoms with Gasteiger partial charge < -0.3 is 0 Å². The zero-order valence-corrected chi connectivity index (χ0v) is 10.3. The minimum atomic E-state index is 0.666. The fourth-order valence-electron chi connectivity index (χ4n) is 1.80. The number of benzene rings is 1. The molecule has 0 aliphatic heterocycles. The van der Waals surface area contributed by atoms with Crippen LogP contribution >= 0.6 is 11.6 Å². The number of aryl methyl sites for hydroxylation is 3. The predicted octanol–water partition coefficient (Wildman–Crippen LogP) is 3.27. The average molecular weight is 235 g/mol. The summed E-state index contributed by atoms with van der Waals surface area (Å²) in [4.78, 5) is 0. The maximum Gasteiger partial charge on any atom is 0.0648 e. The molecular formula is C13H15ClN2. The first-order valence-corrected chi connectivity index (χ1v) is 5.92. The van der Waals surface area contributed by atoms with Crippen molar-refractivity contribution < 1.29 is 0 Å². The van der Waals surface area contributed by atoms with E-state index in [0.717, 1.165) is 23.5 Å². The Morgan fingerprint density at radius 3 is 2.38 bits per heavy atom. The van der Waals surface area contributed by atoms with E-state index in [9.17, 15) is 0 Å². The molecule has 0 saturated carbocycles. The third-order valence-corrected chi connectivity index (χ3v) is 2.76. The zero-order valence-electron chi connectivity index (χ0n) is 9.57. The standard InChI is InChI=1S/C13H15ClN2/c1-10-9-11(2)16(15-10)13-5-3-12(4-6-13)7-8-14/h3-6,9H,7-8H2,1-2H3. The monoisotopic (exact) mass is 234 g/mol. The smallest absolute Gasteiger partial charge is 0.0648 e. The van der Waals surface area contributed by atoms with E-state index in [2.05, 4.69) is 42.4 Å². The molecule has 0 aliphatic rings. The molecule has 3 heteroatoms. The van der Waals surface area contributed by atoms with Crippen LogP contribution in [0.2, 0.25) is 0 Å². The fourth-order valence-corrected chi connectivity index (χ4v) is 2.02. The molecule has 2 aromatic rings. The summed E-state index contributed by atoms with van der Waals surface area (Å²) in [7, 11) is 0. The normalized spacial score (nSPS) is 10.7. The van der Waals surface area contributed by atoms with Crippen LogP contribution in [-0.4, -0.2) is 15.7 Å². The van der Waals surface area contributed by atoms with E-state index in [0.29, 0.717) is 5.88 Å². The Bertz CT molecular complexity index is 471. The first-order valence-electron chi connectivity index (χ1n) is 5.39. The molecule has 0 radical (unpaired) electrons. The lowest BCUT2D eigenvalue weighted by Crippen LogP contribution is -1.99. The molecule has 1 aromatic carbocycles. The second kappa shape index (κ2) is 4.71. The molecule has 1 aromatic heterocycles. The molecule has 0 saturated heterocycles. The summed E-state index contributed by atoms with van der Waals surface area (Å²) >= 11 is 5.70. The van der Waals surface area contributed by atoms with Crippen molar-refractivity contribution in [2.24, 2.45) is 0 Å². The van der Waals surface area contributed by atoms with Gasteiger partial charge in [0.1, 0.15) is 0 Å². The molecule has 2 rings (SSSR count). The summed E-state index contributed by atoms with van der Waals surface area (Å²) < 4.78 is 1.96. The molecule has 0 amide bonds. The van der Waals surface area contributed by atoms with Crippen LogP contribution in [0.15, 0.2) is 30.3 Å². The van der Waals surface area contributed by atoms with Gasteiger partial charge in [-0.05, 0) is 44.0 Å². The van der Waals surface area contributed by atoms with Gasteiger partial charge in [0.2, 0.25) is 0 Å². The second-order valence-corrected chi connectivity index (χ2v) is 4.32. The van der Waals surface area contributed by atoms with Gasteiger partial charge in [0.25, 0.3) is 0 Å². The lowest BCUT2D eigenvalue weighted by Gasteiger charge is -2.05. The maximum absolute atomic E-state index is 5.70. The quantitative estimate of drug-likeness (QED) is 0.746. The lowest BCUT2D eigenvalue weighted by molar-refractivity contribution is 0.833. The highest BCUT2D eigenvalue weighted by molar-refractivity contribution is 6.17. The number of hydrogen-bond acceptors (Lipinski definition) is 1. The molecule has 0 bridgehead atoms.